The molecule has 0 aliphatic carbocycles. The highest BCUT2D eigenvalue weighted by atomic mass is 16.2. The third-order valence-electron chi connectivity index (χ3n) is 11.9. The lowest BCUT2D eigenvalue weighted by Gasteiger charge is -2.36. The summed E-state index contributed by atoms with van der Waals surface area (Å²) >= 11 is 0. The van der Waals surface area contributed by atoms with Crippen molar-refractivity contribution in [3.63, 3.8) is 0 Å². The maximum atomic E-state index is 14.9. The molecule has 8 nitrogen and oxygen atoms in total. The van der Waals surface area contributed by atoms with Crippen LogP contribution in [0.15, 0.2) is 66.7 Å². The second-order valence-electron chi connectivity index (χ2n) is 16.1. The number of unbranched alkanes of at least 4 members (excludes halogenated alkanes) is 2. The fraction of sp³-hybridized carbons (Fsp3) is 0.468. The van der Waals surface area contributed by atoms with Crippen molar-refractivity contribution in [3.8, 4) is 11.3 Å². The standard InChI is InChI=1S/C47H61N5O3/c1-8-10-22-50(23-11-9-2)46(54)41-30-44(49(7)34(41)4)42-27-38-21-25-51(45(53)29-37-18-13-12-16-35(37)20-24-48(5)6)31-40(38)28-43(42)47(55)52-32-39-19-15-14-17-36(39)26-33(52)3/h12-19,27-28,30,33H,8-11,20-26,29,31-32H2,1-7H3/t33-/m1/s1. The van der Waals surface area contributed by atoms with E-state index < -0.39 is 0 Å². The van der Waals surface area contributed by atoms with Gasteiger partial charge in [0.1, 0.15) is 0 Å². The third-order valence-corrected chi connectivity index (χ3v) is 11.9. The van der Waals surface area contributed by atoms with Gasteiger partial charge in [-0.3, -0.25) is 14.4 Å². The van der Waals surface area contributed by atoms with Crippen molar-refractivity contribution in [2.75, 3.05) is 40.3 Å². The van der Waals surface area contributed by atoms with Crippen LogP contribution < -0.4 is 0 Å². The highest BCUT2D eigenvalue weighted by Gasteiger charge is 2.32. The zero-order valence-corrected chi connectivity index (χ0v) is 34.3. The van der Waals surface area contributed by atoms with Gasteiger partial charge in [0, 0.05) is 74.9 Å². The minimum Gasteiger partial charge on any atom is -0.347 e. The van der Waals surface area contributed by atoms with Crippen molar-refractivity contribution in [1.29, 1.82) is 0 Å². The van der Waals surface area contributed by atoms with Crippen LogP contribution in [0.25, 0.3) is 11.3 Å². The zero-order valence-electron chi connectivity index (χ0n) is 34.3. The molecule has 3 aromatic carbocycles. The Bertz CT molecular complexity index is 2000. The van der Waals surface area contributed by atoms with E-state index >= 15 is 0 Å². The molecule has 292 valence electrons. The van der Waals surface area contributed by atoms with E-state index in [1.807, 2.05) is 46.9 Å². The van der Waals surface area contributed by atoms with Crippen LogP contribution in [-0.2, 0) is 50.6 Å². The van der Waals surface area contributed by atoms with Gasteiger partial charge in [-0.15, -0.1) is 0 Å². The number of carbonyl (C=O) groups is 3. The first-order valence-electron chi connectivity index (χ1n) is 20.5. The first-order chi connectivity index (χ1) is 26.5. The molecule has 4 aromatic rings. The molecule has 0 saturated carbocycles. The molecular weight excluding hydrogens is 683 g/mol. The Balaban J connectivity index is 1.36. The van der Waals surface area contributed by atoms with Crippen LogP contribution in [0.5, 0.6) is 0 Å². The lowest BCUT2D eigenvalue weighted by Crippen LogP contribution is -2.43. The molecule has 0 bridgehead atoms. The molecule has 2 aliphatic heterocycles. The number of hydrogen-bond donors (Lipinski definition) is 0. The number of nitrogens with zero attached hydrogens (tertiary/aromatic N) is 5. The van der Waals surface area contributed by atoms with E-state index in [1.54, 1.807) is 0 Å². The van der Waals surface area contributed by atoms with Gasteiger partial charge >= 0.3 is 0 Å². The molecule has 0 spiro atoms. The third kappa shape index (κ3) is 8.91. The number of hydrogen-bond acceptors (Lipinski definition) is 4. The smallest absolute Gasteiger partial charge is 0.255 e. The maximum absolute atomic E-state index is 14.9. The Morgan fingerprint density at radius 1 is 0.782 bits per heavy atom. The van der Waals surface area contributed by atoms with E-state index in [0.29, 0.717) is 43.6 Å². The summed E-state index contributed by atoms with van der Waals surface area (Å²) in [7, 11) is 6.15. The van der Waals surface area contributed by atoms with E-state index in [9.17, 15) is 14.4 Å². The molecule has 1 atom stereocenters. The van der Waals surface area contributed by atoms with Crippen molar-refractivity contribution >= 4 is 17.7 Å². The Kier molecular flexibility index (Phi) is 13.0. The first kappa shape index (κ1) is 40.0. The van der Waals surface area contributed by atoms with Crippen molar-refractivity contribution in [2.45, 2.75) is 98.2 Å². The van der Waals surface area contributed by atoms with Gasteiger partial charge in [0.05, 0.1) is 12.0 Å². The molecule has 6 rings (SSSR count). The predicted molar refractivity (Wildman–Crippen MR) is 222 cm³/mol. The molecule has 3 heterocycles. The summed E-state index contributed by atoms with van der Waals surface area (Å²) in [6, 6.07) is 23.0. The van der Waals surface area contributed by atoms with E-state index in [2.05, 4.69) is 92.9 Å². The number of benzene rings is 3. The monoisotopic (exact) mass is 743 g/mol. The fourth-order valence-corrected chi connectivity index (χ4v) is 8.27. The molecule has 0 fully saturated rings. The van der Waals surface area contributed by atoms with E-state index in [4.69, 9.17) is 0 Å². The Morgan fingerprint density at radius 2 is 1.45 bits per heavy atom. The van der Waals surface area contributed by atoms with Crippen LogP contribution in [0.1, 0.15) is 106 Å². The number of carbonyl (C=O) groups excluding carboxylic acids is 3. The lowest BCUT2D eigenvalue weighted by molar-refractivity contribution is -0.131. The SMILES string of the molecule is CCCCN(CCCC)C(=O)c1cc(-c2cc3c(cc2C(=O)N2Cc4ccccc4C[C@H]2C)CN(C(=O)Cc2ccccc2CCN(C)C)CC3)n(C)c1C. The number of rotatable bonds is 14. The van der Waals surface area contributed by atoms with Crippen LogP contribution in [0.2, 0.25) is 0 Å². The second kappa shape index (κ2) is 17.8. The van der Waals surface area contributed by atoms with E-state index in [-0.39, 0.29) is 23.8 Å². The fourth-order valence-electron chi connectivity index (χ4n) is 8.27. The Morgan fingerprint density at radius 3 is 2.15 bits per heavy atom. The highest BCUT2D eigenvalue weighted by Crippen LogP contribution is 2.36. The summed E-state index contributed by atoms with van der Waals surface area (Å²) in [5.74, 6) is 0.154. The topological polar surface area (TPSA) is 69.1 Å². The quantitative estimate of drug-likeness (QED) is 0.132. The maximum Gasteiger partial charge on any atom is 0.255 e. The van der Waals surface area contributed by atoms with Crippen LogP contribution >= 0.6 is 0 Å². The van der Waals surface area contributed by atoms with Crippen LogP contribution in [0.3, 0.4) is 0 Å². The van der Waals surface area contributed by atoms with E-state index in [1.165, 1.54) is 16.7 Å². The summed E-state index contributed by atoms with van der Waals surface area (Å²) in [6.45, 7) is 12.5. The number of aromatic nitrogens is 1. The largest absolute Gasteiger partial charge is 0.347 e. The molecule has 8 heteroatoms. The normalized spacial score (nSPS) is 15.2. The molecule has 0 radical (unpaired) electrons. The van der Waals surface area contributed by atoms with Crippen molar-refractivity contribution in [3.05, 3.63) is 117 Å². The van der Waals surface area contributed by atoms with Crippen molar-refractivity contribution < 1.29 is 14.4 Å². The molecule has 1 aromatic heterocycles. The van der Waals surface area contributed by atoms with Gasteiger partial charge in [-0.2, -0.15) is 0 Å². The molecule has 0 saturated heterocycles. The molecule has 2 aliphatic rings. The first-order valence-corrected chi connectivity index (χ1v) is 20.5. The Hall–Kier alpha value is -4.69. The molecule has 0 unspecified atom stereocenters. The van der Waals surface area contributed by atoms with Gasteiger partial charge in [0.2, 0.25) is 5.91 Å². The summed E-state index contributed by atoms with van der Waals surface area (Å²) in [4.78, 5) is 51.2. The lowest BCUT2D eigenvalue weighted by atomic mass is 9.89. The van der Waals surface area contributed by atoms with Gasteiger partial charge in [0.25, 0.3) is 11.8 Å². The average Bonchev–Trinajstić information content (AvgIpc) is 3.48. The number of likely N-dealkylation sites (N-methyl/N-ethyl adjacent to an activating group) is 1. The summed E-state index contributed by atoms with van der Waals surface area (Å²) in [5.41, 5.74) is 10.9. The van der Waals surface area contributed by atoms with Gasteiger partial charge in [-0.05, 0) is 112 Å². The highest BCUT2D eigenvalue weighted by molar-refractivity contribution is 6.03. The van der Waals surface area contributed by atoms with Crippen molar-refractivity contribution in [2.24, 2.45) is 7.05 Å². The molecule has 3 amide bonds. The van der Waals surface area contributed by atoms with Gasteiger partial charge < -0.3 is 24.2 Å². The summed E-state index contributed by atoms with van der Waals surface area (Å²) in [6.07, 6.45) is 6.76. The minimum absolute atomic E-state index is 0.0164. The summed E-state index contributed by atoms with van der Waals surface area (Å²) in [5, 5.41) is 0. The zero-order chi connectivity index (χ0) is 39.2. The second-order valence-corrected chi connectivity index (χ2v) is 16.1. The predicted octanol–water partition coefficient (Wildman–Crippen LogP) is 7.86. The molecule has 55 heavy (non-hydrogen) atoms. The van der Waals surface area contributed by atoms with Gasteiger partial charge in [-0.1, -0.05) is 75.2 Å². The number of fused-ring (bicyclic) bond motifs is 2. The van der Waals surface area contributed by atoms with Crippen LogP contribution in [-0.4, -0.2) is 88.2 Å². The molecular formula is C47H61N5O3. The van der Waals surface area contributed by atoms with Crippen molar-refractivity contribution in [1.82, 2.24) is 24.2 Å². The van der Waals surface area contributed by atoms with Gasteiger partial charge in [-0.25, -0.2) is 0 Å². The van der Waals surface area contributed by atoms with Crippen LogP contribution in [0.4, 0.5) is 0 Å². The van der Waals surface area contributed by atoms with E-state index in [0.717, 1.165) is 91.8 Å². The minimum atomic E-state index is -0.0164. The summed E-state index contributed by atoms with van der Waals surface area (Å²) < 4.78 is 2.09. The average molecular weight is 744 g/mol. The molecule has 0 N–H and O–H groups in total. The Labute approximate surface area is 329 Å². The number of amides is 3. The van der Waals surface area contributed by atoms with Gasteiger partial charge in [0.15, 0.2) is 0 Å². The van der Waals surface area contributed by atoms with Crippen LogP contribution in [0, 0.1) is 6.92 Å².